The van der Waals surface area contributed by atoms with Gasteiger partial charge in [0.15, 0.2) is 0 Å². The third-order valence-electron chi connectivity index (χ3n) is 2.99. The molecule has 1 aliphatic heterocycles. The lowest BCUT2D eigenvalue weighted by molar-refractivity contribution is -0.124. The number of nitrogens with one attached hydrogen (secondary N) is 1. The van der Waals surface area contributed by atoms with E-state index in [1.807, 2.05) is 24.3 Å². The quantitative estimate of drug-likeness (QED) is 0.871. The summed E-state index contributed by atoms with van der Waals surface area (Å²) in [6.07, 6.45) is 0. The molecule has 1 aliphatic rings. The first-order valence-electron chi connectivity index (χ1n) is 5.67. The summed E-state index contributed by atoms with van der Waals surface area (Å²) in [5.41, 5.74) is 6.99. The Kier molecular flexibility index (Phi) is 4.15. The molecule has 17 heavy (non-hydrogen) atoms. The van der Waals surface area contributed by atoms with E-state index in [0.717, 1.165) is 16.6 Å². The van der Waals surface area contributed by atoms with E-state index in [2.05, 4.69) is 26.1 Å². The predicted molar refractivity (Wildman–Crippen MR) is 70.5 cm³/mol. The highest BCUT2D eigenvalue weighted by Crippen LogP contribution is 2.22. The molecule has 1 fully saturated rings. The van der Waals surface area contributed by atoms with E-state index in [1.54, 1.807) is 0 Å². The van der Waals surface area contributed by atoms with Crippen LogP contribution in [0.3, 0.4) is 0 Å². The van der Waals surface area contributed by atoms with Gasteiger partial charge in [0, 0.05) is 30.1 Å². The first-order chi connectivity index (χ1) is 8.20. The van der Waals surface area contributed by atoms with Crippen LogP contribution in [-0.4, -0.2) is 37.0 Å². The molecule has 1 saturated heterocycles. The van der Waals surface area contributed by atoms with Crippen LogP contribution in [-0.2, 0) is 4.79 Å². The van der Waals surface area contributed by atoms with Crippen LogP contribution in [0.4, 0.5) is 0 Å². The summed E-state index contributed by atoms with van der Waals surface area (Å²) in [7, 11) is 0. The second-order valence-corrected chi connectivity index (χ2v) is 5.04. The minimum absolute atomic E-state index is 0.0758. The van der Waals surface area contributed by atoms with Crippen molar-refractivity contribution in [1.29, 1.82) is 0 Å². The molecular weight excluding hydrogens is 282 g/mol. The van der Waals surface area contributed by atoms with Crippen molar-refractivity contribution in [1.82, 2.24) is 10.2 Å². The standard InChI is InChI=1S/C12H16BrN3O/c13-10-3-1-9(2-4-10)11(7-14)16-6-5-15-12(17)8-16/h1-4,11H,5-8,14H2,(H,15,17). The van der Waals surface area contributed by atoms with Gasteiger partial charge in [0.2, 0.25) is 5.91 Å². The van der Waals surface area contributed by atoms with Crippen molar-refractivity contribution in [2.24, 2.45) is 5.73 Å². The van der Waals surface area contributed by atoms with Crippen molar-refractivity contribution >= 4 is 21.8 Å². The smallest absolute Gasteiger partial charge is 0.234 e. The predicted octanol–water partition coefficient (Wildman–Crippen LogP) is 0.881. The number of hydrogen-bond donors (Lipinski definition) is 2. The molecule has 92 valence electrons. The highest BCUT2D eigenvalue weighted by atomic mass is 79.9. The molecule has 5 heteroatoms. The van der Waals surface area contributed by atoms with Crippen LogP contribution >= 0.6 is 15.9 Å². The highest BCUT2D eigenvalue weighted by Gasteiger charge is 2.24. The van der Waals surface area contributed by atoms with E-state index < -0.39 is 0 Å². The van der Waals surface area contributed by atoms with Crippen LogP contribution in [0.2, 0.25) is 0 Å². The molecular formula is C12H16BrN3O. The molecule has 0 radical (unpaired) electrons. The van der Waals surface area contributed by atoms with E-state index in [9.17, 15) is 4.79 Å². The number of benzene rings is 1. The first kappa shape index (κ1) is 12.5. The normalized spacial score (nSPS) is 18.8. The summed E-state index contributed by atoms with van der Waals surface area (Å²) in [6.45, 7) is 2.50. The Morgan fingerprint density at radius 2 is 2.12 bits per heavy atom. The number of halogens is 1. The van der Waals surface area contributed by atoms with E-state index in [1.165, 1.54) is 0 Å². The van der Waals surface area contributed by atoms with Gasteiger partial charge in [-0.05, 0) is 17.7 Å². The monoisotopic (exact) mass is 297 g/mol. The Labute approximate surface area is 109 Å². The highest BCUT2D eigenvalue weighted by molar-refractivity contribution is 9.10. The number of hydrogen-bond acceptors (Lipinski definition) is 3. The molecule has 0 aromatic heterocycles. The average Bonchev–Trinajstić information content (AvgIpc) is 2.33. The number of nitrogens with two attached hydrogens (primary N) is 1. The second-order valence-electron chi connectivity index (χ2n) is 4.12. The molecule has 1 unspecified atom stereocenters. The summed E-state index contributed by atoms with van der Waals surface area (Å²) < 4.78 is 1.05. The Bertz CT molecular complexity index is 393. The Balaban J connectivity index is 2.15. The molecule has 1 heterocycles. The SMILES string of the molecule is NCC(c1ccc(Br)cc1)N1CCNC(=O)C1. The summed E-state index contributed by atoms with van der Waals surface area (Å²) in [5.74, 6) is 0.0758. The largest absolute Gasteiger partial charge is 0.354 e. The van der Waals surface area contributed by atoms with E-state index >= 15 is 0 Å². The fourth-order valence-electron chi connectivity index (χ4n) is 2.11. The molecule has 0 bridgehead atoms. The number of rotatable bonds is 3. The molecule has 1 aromatic rings. The van der Waals surface area contributed by atoms with Crippen molar-refractivity contribution in [3.05, 3.63) is 34.3 Å². The van der Waals surface area contributed by atoms with Gasteiger partial charge in [0.1, 0.15) is 0 Å². The zero-order valence-corrected chi connectivity index (χ0v) is 11.1. The molecule has 1 aromatic carbocycles. The van der Waals surface area contributed by atoms with Crippen molar-refractivity contribution in [3.8, 4) is 0 Å². The Morgan fingerprint density at radius 3 is 2.71 bits per heavy atom. The van der Waals surface area contributed by atoms with E-state index in [0.29, 0.717) is 19.6 Å². The third kappa shape index (κ3) is 3.06. The minimum Gasteiger partial charge on any atom is -0.354 e. The van der Waals surface area contributed by atoms with Crippen molar-refractivity contribution < 1.29 is 4.79 Å². The van der Waals surface area contributed by atoms with Crippen LogP contribution in [0.1, 0.15) is 11.6 Å². The van der Waals surface area contributed by atoms with Gasteiger partial charge in [-0.15, -0.1) is 0 Å². The fourth-order valence-corrected chi connectivity index (χ4v) is 2.37. The van der Waals surface area contributed by atoms with Gasteiger partial charge in [0.05, 0.1) is 6.54 Å². The lowest BCUT2D eigenvalue weighted by atomic mass is 10.0. The van der Waals surface area contributed by atoms with Crippen LogP contribution in [0, 0.1) is 0 Å². The lowest BCUT2D eigenvalue weighted by Gasteiger charge is -2.33. The van der Waals surface area contributed by atoms with E-state index in [-0.39, 0.29) is 11.9 Å². The summed E-state index contributed by atoms with van der Waals surface area (Å²) in [6, 6.07) is 8.22. The number of carbonyl (C=O) groups excluding carboxylic acids is 1. The average molecular weight is 298 g/mol. The van der Waals surface area contributed by atoms with Gasteiger partial charge in [-0.25, -0.2) is 0 Å². The number of amides is 1. The fraction of sp³-hybridized carbons (Fsp3) is 0.417. The van der Waals surface area contributed by atoms with Crippen LogP contribution < -0.4 is 11.1 Å². The molecule has 1 amide bonds. The van der Waals surface area contributed by atoms with Gasteiger partial charge in [-0.3, -0.25) is 9.69 Å². The van der Waals surface area contributed by atoms with E-state index in [4.69, 9.17) is 5.73 Å². The summed E-state index contributed by atoms with van der Waals surface area (Å²) in [5, 5.41) is 2.82. The van der Waals surface area contributed by atoms with Crippen molar-refractivity contribution in [2.45, 2.75) is 6.04 Å². The maximum absolute atomic E-state index is 11.4. The van der Waals surface area contributed by atoms with Gasteiger partial charge < -0.3 is 11.1 Å². The maximum Gasteiger partial charge on any atom is 0.234 e. The Morgan fingerprint density at radius 1 is 1.41 bits per heavy atom. The first-order valence-corrected chi connectivity index (χ1v) is 6.46. The third-order valence-corrected chi connectivity index (χ3v) is 3.52. The maximum atomic E-state index is 11.4. The number of nitrogens with zero attached hydrogens (tertiary/aromatic N) is 1. The summed E-state index contributed by atoms with van der Waals surface area (Å²) in [4.78, 5) is 13.5. The van der Waals surface area contributed by atoms with Gasteiger partial charge in [-0.2, -0.15) is 0 Å². The van der Waals surface area contributed by atoms with Crippen molar-refractivity contribution in [2.75, 3.05) is 26.2 Å². The topological polar surface area (TPSA) is 58.4 Å². The zero-order valence-electron chi connectivity index (χ0n) is 9.53. The van der Waals surface area contributed by atoms with Gasteiger partial charge >= 0.3 is 0 Å². The molecule has 0 aliphatic carbocycles. The molecule has 4 nitrogen and oxygen atoms in total. The number of piperazine rings is 1. The van der Waals surface area contributed by atoms with Gasteiger partial charge in [-0.1, -0.05) is 28.1 Å². The minimum atomic E-state index is 0.0758. The van der Waals surface area contributed by atoms with Gasteiger partial charge in [0.25, 0.3) is 0 Å². The molecule has 0 saturated carbocycles. The summed E-state index contributed by atoms with van der Waals surface area (Å²) >= 11 is 3.41. The zero-order chi connectivity index (χ0) is 12.3. The molecule has 1 atom stereocenters. The lowest BCUT2D eigenvalue weighted by Crippen LogP contribution is -2.50. The van der Waals surface area contributed by atoms with Crippen molar-refractivity contribution in [3.63, 3.8) is 0 Å². The Hall–Kier alpha value is -0.910. The molecule has 2 rings (SSSR count). The number of carbonyl (C=O) groups is 1. The van der Waals surface area contributed by atoms with Crippen LogP contribution in [0.25, 0.3) is 0 Å². The second kappa shape index (κ2) is 5.62. The van der Waals surface area contributed by atoms with Crippen LogP contribution in [0.5, 0.6) is 0 Å². The molecule has 0 spiro atoms. The van der Waals surface area contributed by atoms with Crippen LogP contribution in [0.15, 0.2) is 28.7 Å². The molecule has 3 N–H and O–H groups in total.